The zero-order valence-electron chi connectivity index (χ0n) is 17.7. The first-order valence-corrected chi connectivity index (χ1v) is 10.6. The Bertz CT molecular complexity index is 1330. The molecule has 2 N–H and O–H groups in total. The zero-order chi connectivity index (χ0) is 22.8. The number of hydrogen-bond donors (Lipinski definition) is 2. The van der Waals surface area contributed by atoms with Crippen LogP contribution >= 0.6 is 0 Å². The lowest BCUT2D eigenvalue weighted by atomic mass is 10.2. The molecule has 2 heterocycles. The lowest BCUT2D eigenvalue weighted by Gasteiger charge is -2.29. The van der Waals surface area contributed by atoms with Crippen molar-refractivity contribution >= 4 is 34.2 Å². The molecule has 0 bridgehead atoms. The second-order valence-corrected chi connectivity index (χ2v) is 7.73. The number of halogens is 1. The van der Waals surface area contributed by atoms with Gasteiger partial charge in [0.05, 0.1) is 23.3 Å². The fourth-order valence-corrected chi connectivity index (χ4v) is 3.84. The number of ether oxygens (including phenoxy) is 1. The Hall–Kier alpha value is -4.20. The van der Waals surface area contributed by atoms with Gasteiger partial charge in [0, 0.05) is 24.1 Å². The van der Waals surface area contributed by atoms with Crippen LogP contribution in [0, 0.1) is 5.82 Å². The van der Waals surface area contributed by atoms with E-state index >= 15 is 0 Å². The molecule has 5 rings (SSSR count). The second kappa shape index (κ2) is 8.74. The van der Waals surface area contributed by atoms with E-state index in [1.54, 1.807) is 35.2 Å². The van der Waals surface area contributed by atoms with Gasteiger partial charge in [-0.05, 0) is 54.6 Å². The summed E-state index contributed by atoms with van der Waals surface area (Å²) in [4.78, 5) is 34.5. The largest absolute Gasteiger partial charge is 0.490 e. The summed E-state index contributed by atoms with van der Waals surface area (Å²) in [6.07, 6.45) is 0.168. The number of fused-ring (bicyclic) bond motifs is 2. The van der Waals surface area contributed by atoms with E-state index in [-0.39, 0.29) is 30.5 Å². The molecule has 0 spiro atoms. The predicted molar refractivity (Wildman–Crippen MR) is 124 cm³/mol. The number of imidazole rings is 1. The Morgan fingerprint density at radius 3 is 2.73 bits per heavy atom. The summed E-state index contributed by atoms with van der Waals surface area (Å²) in [6, 6.07) is 18.8. The van der Waals surface area contributed by atoms with E-state index in [1.807, 2.05) is 24.3 Å². The number of carbonyl (C=O) groups is 2. The number of amides is 2. The number of anilines is 2. The number of nitrogens with one attached hydrogen (secondary N) is 2. The third-order valence-corrected chi connectivity index (χ3v) is 5.48. The smallest absolute Gasteiger partial charge is 0.227 e. The van der Waals surface area contributed by atoms with Gasteiger partial charge in [-0.2, -0.15) is 0 Å². The van der Waals surface area contributed by atoms with Crippen molar-refractivity contribution in [2.45, 2.75) is 12.8 Å². The lowest BCUT2D eigenvalue weighted by Crippen LogP contribution is -2.38. The van der Waals surface area contributed by atoms with Gasteiger partial charge in [0.2, 0.25) is 11.8 Å². The molecule has 1 aliphatic rings. The third kappa shape index (κ3) is 4.41. The molecule has 0 saturated carbocycles. The van der Waals surface area contributed by atoms with E-state index in [4.69, 9.17) is 4.74 Å². The fourth-order valence-electron chi connectivity index (χ4n) is 3.84. The van der Waals surface area contributed by atoms with Crippen molar-refractivity contribution in [3.05, 3.63) is 72.5 Å². The molecule has 2 amide bonds. The Morgan fingerprint density at radius 2 is 1.88 bits per heavy atom. The number of aromatic amines is 1. The summed E-state index contributed by atoms with van der Waals surface area (Å²) in [7, 11) is 0. The van der Waals surface area contributed by atoms with Gasteiger partial charge in [-0.25, -0.2) is 9.37 Å². The SMILES string of the molecule is O=C(CCC(=O)N1CCOc2ccccc21)Nc1ccc2nc(-c3ccc(F)cc3)[nH]c2c1. The molecule has 33 heavy (non-hydrogen) atoms. The minimum atomic E-state index is -0.309. The zero-order valence-corrected chi connectivity index (χ0v) is 17.7. The maximum atomic E-state index is 13.2. The summed E-state index contributed by atoms with van der Waals surface area (Å²) in [5.74, 6) is 0.617. The second-order valence-electron chi connectivity index (χ2n) is 7.73. The van der Waals surface area contributed by atoms with Crippen molar-refractivity contribution in [2.24, 2.45) is 0 Å². The highest BCUT2D eigenvalue weighted by Gasteiger charge is 2.23. The average Bonchev–Trinajstić information content (AvgIpc) is 3.26. The molecule has 0 radical (unpaired) electrons. The quantitative estimate of drug-likeness (QED) is 0.474. The fraction of sp³-hybridized carbons (Fsp3) is 0.160. The molecule has 1 aliphatic heterocycles. The molecule has 0 fully saturated rings. The van der Waals surface area contributed by atoms with Crippen LogP contribution < -0.4 is 15.0 Å². The molecule has 0 aliphatic carbocycles. The summed E-state index contributed by atoms with van der Waals surface area (Å²) in [5.41, 5.74) is 3.57. The van der Waals surface area contributed by atoms with Crippen molar-refractivity contribution in [3.63, 3.8) is 0 Å². The molecule has 166 valence electrons. The van der Waals surface area contributed by atoms with E-state index in [0.717, 1.165) is 22.3 Å². The highest BCUT2D eigenvalue weighted by molar-refractivity contribution is 5.99. The number of aromatic nitrogens is 2. The third-order valence-electron chi connectivity index (χ3n) is 5.48. The highest BCUT2D eigenvalue weighted by Crippen LogP contribution is 2.31. The molecule has 1 aromatic heterocycles. The average molecular weight is 444 g/mol. The first-order valence-electron chi connectivity index (χ1n) is 10.6. The lowest BCUT2D eigenvalue weighted by molar-refractivity contribution is -0.122. The number of hydrogen-bond acceptors (Lipinski definition) is 4. The highest BCUT2D eigenvalue weighted by atomic mass is 19.1. The van der Waals surface area contributed by atoms with Gasteiger partial charge in [-0.1, -0.05) is 12.1 Å². The molecule has 7 nitrogen and oxygen atoms in total. The standard InChI is InChI=1S/C25H21FN4O3/c26-17-7-5-16(6-8-17)25-28-19-10-9-18(15-20(19)29-25)27-23(31)11-12-24(32)30-13-14-33-22-4-2-1-3-21(22)30/h1-10,15H,11-14H2,(H,27,31)(H,28,29). The number of H-pyrrole nitrogens is 1. The van der Waals surface area contributed by atoms with Gasteiger partial charge in [-0.3, -0.25) is 9.59 Å². The summed E-state index contributed by atoms with van der Waals surface area (Å²) in [5, 5.41) is 2.84. The van der Waals surface area contributed by atoms with Gasteiger partial charge in [0.15, 0.2) is 0 Å². The van der Waals surface area contributed by atoms with Crippen LogP contribution in [0.3, 0.4) is 0 Å². The van der Waals surface area contributed by atoms with Crippen LogP contribution in [0.1, 0.15) is 12.8 Å². The Kier molecular flexibility index (Phi) is 5.48. The van der Waals surface area contributed by atoms with Crippen LogP contribution in [0.25, 0.3) is 22.4 Å². The molecule has 8 heteroatoms. The Labute approximate surface area is 189 Å². The first-order chi connectivity index (χ1) is 16.1. The van der Waals surface area contributed by atoms with Gasteiger partial charge in [0.1, 0.15) is 24.0 Å². The molecule has 4 aromatic rings. The molecular weight excluding hydrogens is 423 g/mol. The minimum absolute atomic E-state index is 0.0696. The first kappa shape index (κ1) is 20.7. The molecule has 3 aromatic carbocycles. The summed E-state index contributed by atoms with van der Waals surface area (Å²) < 4.78 is 18.7. The topological polar surface area (TPSA) is 87.3 Å². The monoisotopic (exact) mass is 444 g/mol. The van der Waals surface area contributed by atoms with E-state index in [0.29, 0.717) is 30.4 Å². The van der Waals surface area contributed by atoms with E-state index < -0.39 is 0 Å². The maximum absolute atomic E-state index is 13.2. The Balaban J connectivity index is 1.22. The van der Waals surface area contributed by atoms with E-state index in [9.17, 15) is 14.0 Å². The van der Waals surface area contributed by atoms with Crippen molar-refractivity contribution < 1.29 is 18.7 Å². The van der Waals surface area contributed by atoms with E-state index in [1.165, 1.54) is 12.1 Å². The van der Waals surface area contributed by atoms with Gasteiger partial charge < -0.3 is 19.9 Å². The molecule has 0 atom stereocenters. The summed E-state index contributed by atoms with van der Waals surface area (Å²) in [6.45, 7) is 0.892. The van der Waals surface area contributed by atoms with Crippen LogP contribution in [0.4, 0.5) is 15.8 Å². The number of para-hydroxylation sites is 2. The number of rotatable bonds is 5. The molecular formula is C25H21FN4O3. The maximum Gasteiger partial charge on any atom is 0.227 e. The van der Waals surface area contributed by atoms with Crippen LogP contribution in [-0.4, -0.2) is 34.9 Å². The van der Waals surface area contributed by atoms with Crippen molar-refractivity contribution in [1.82, 2.24) is 9.97 Å². The van der Waals surface area contributed by atoms with E-state index in [2.05, 4.69) is 15.3 Å². The van der Waals surface area contributed by atoms with Gasteiger partial charge >= 0.3 is 0 Å². The summed E-state index contributed by atoms with van der Waals surface area (Å²) >= 11 is 0. The molecule has 0 saturated heterocycles. The number of benzene rings is 3. The van der Waals surface area contributed by atoms with Crippen LogP contribution in [0.15, 0.2) is 66.7 Å². The number of nitrogens with zero attached hydrogens (tertiary/aromatic N) is 2. The number of carbonyl (C=O) groups excluding carboxylic acids is 2. The van der Waals surface area contributed by atoms with Crippen molar-refractivity contribution in [3.8, 4) is 17.1 Å². The molecule has 0 unspecified atom stereocenters. The predicted octanol–water partition coefficient (Wildman–Crippen LogP) is 4.51. The van der Waals surface area contributed by atoms with Crippen LogP contribution in [-0.2, 0) is 9.59 Å². The van der Waals surface area contributed by atoms with Crippen molar-refractivity contribution in [2.75, 3.05) is 23.4 Å². The van der Waals surface area contributed by atoms with Gasteiger partial charge in [0.25, 0.3) is 0 Å². The van der Waals surface area contributed by atoms with Gasteiger partial charge in [-0.15, -0.1) is 0 Å². The Morgan fingerprint density at radius 1 is 1.06 bits per heavy atom. The normalized spacial score (nSPS) is 12.8. The minimum Gasteiger partial charge on any atom is -0.490 e. The van der Waals surface area contributed by atoms with Crippen LogP contribution in [0.5, 0.6) is 5.75 Å². The van der Waals surface area contributed by atoms with Crippen LogP contribution in [0.2, 0.25) is 0 Å². The van der Waals surface area contributed by atoms with Crippen molar-refractivity contribution in [1.29, 1.82) is 0 Å².